The molecule has 1 aliphatic rings. The number of carbonyl (C=O) groups is 1. The van der Waals surface area contributed by atoms with Crippen molar-refractivity contribution in [1.29, 1.82) is 0 Å². The molecule has 1 saturated heterocycles. The zero-order chi connectivity index (χ0) is 17.9. The summed E-state index contributed by atoms with van der Waals surface area (Å²) < 4.78 is 27.1. The highest BCUT2D eigenvalue weighted by Crippen LogP contribution is 2.22. The first-order valence-corrected chi connectivity index (χ1v) is 9.82. The van der Waals surface area contributed by atoms with Crippen LogP contribution >= 0.6 is 11.6 Å². The number of carbonyl (C=O) groups excluding carboxylic acids is 1. The average Bonchev–Trinajstić information content (AvgIpc) is 2.61. The zero-order valence-electron chi connectivity index (χ0n) is 13.5. The number of benzene rings is 1. The average molecular weight is 380 g/mol. The Morgan fingerprint density at radius 2 is 2.04 bits per heavy atom. The van der Waals surface area contributed by atoms with Gasteiger partial charge in [-0.15, -0.1) is 0 Å². The highest BCUT2D eigenvalue weighted by atomic mass is 35.5. The Hall–Kier alpha value is -1.96. The highest BCUT2D eigenvalue weighted by molar-refractivity contribution is 7.89. The fourth-order valence-corrected chi connectivity index (χ4v) is 3.77. The Balaban J connectivity index is 1.72. The molecule has 0 unspecified atom stereocenters. The molecule has 6 nitrogen and oxygen atoms in total. The first-order valence-electron chi connectivity index (χ1n) is 7.96. The Kier molecular flexibility index (Phi) is 5.36. The normalized spacial score (nSPS) is 15.4. The van der Waals surface area contributed by atoms with E-state index in [-0.39, 0.29) is 22.5 Å². The van der Waals surface area contributed by atoms with Crippen LogP contribution in [0.15, 0.2) is 47.5 Å². The monoisotopic (exact) mass is 379 g/mol. The smallest absolute Gasteiger partial charge is 0.242 e. The molecule has 0 spiro atoms. The molecule has 2 aromatic rings. The summed E-state index contributed by atoms with van der Waals surface area (Å²) in [5, 5.41) is 0.234. The van der Waals surface area contributed by atoms with Crippen LogP contribution in [0, 0.1) is 0 Å². The minimum atomic E-state index is -3.68. The van der Waals surface area contributed by atoms with Crippen LogP contribution in [-0.2, 0) is 21.4 Å². The second-order valence-electron chi connectivity index (χ2n) is 5.81. The fraction of sp³-hybridized carbons (Fsp3) is 0.294. The van der Waals surface area contributed by atoms with Crippen molar-refractivity contribution in [3.63, 3.8) is 0 Å². The van der Waals surface area contributed by atoms with Crippen molar-refractivity contribution >= 4 is 33.2 Å². The third kappa shape index (κ3) is 4.36. The minimum Gasteiger partial charge on any atom is -0.312 e. The fourth-order valence-electron chi connectivity index (χ4n) is 2.70. The van der Waals surface area contributed by atoms with Gasteiger partial charge in [0.2, 0.25) is 15.9 Å². The summed E-state index contributed by atoms with van der Waals surface area (Å²) in [4.78, 5) is 17.6. The first-order chi connectivity index (χ1) is 12.0. The molecule has 1 aromatic heterocycles. The van der Waals surface area contributed by atoms with Gasteiger partial charge in [-0.05, 0) is 42.7 Å². The zero-order valence-corrected chi connectivity index (χ0v) is 15.1. The summed E-state index contributed by atoms with van der Waals surface area (Å²) in [5.74, 6) is 0.108. The van der Waals surface area contributed by atoms with Crippen LogP contribution in [0.4, 0.5) is 5.69 Å². The summed E-state index contributed by atoms with van der Waals surface area (Å²) in [6.45, 7) is 0.825. The van der Waals surface area contributed by atoms with Crippen LogP contribution in [0.5, 0.6) is 0 Å². The molecule has 0 aliphatic carbocycles. The van der Waals surface area contributed by atoms with E-state index in [1.54, 1.807) is 4.90 Å². The van der Waals surface area contributed by atoms with E-state index in [9.17, 15) is 13.2 Å². The van der Waals surface area contributed by atoms with Crippen molar-refractivity contribution in [2.45, 2.75) is 30.7 Å². The Bertz CT molecular complexity index is 869. The minimum absolute atomic E-state index is 0.0549. The molecule has 1 N–H and O–H groups in total. The molecule has 3 rings (SSSR count). The molecule has 1 aromatic carbocycles. The molecule has 1 aliphatic heterocycles. The van der Waals surface area contributed by atoms with Gasteiger partial charge in [-0.3, -0.25) is 4.79 Å². The Morgan fingerprint density at radius 1 is 1.20 bits per heavy atom. The summed E-state index contributed by atoms with van der Waals surface area (Å²) in [7, 11) is -3.68. The van der Waals surface area contributed by atoms with Gasteiger partial charge in [-0.25, -0.2) is 18.1 Å². The van der Waals surface area contributed by atoms with Crippen LogP contribution in [0.3, 0.4) is 0 Å². The predicted molar refractivity (Wildman–Crippen MR) is 95.9 cm³/mol. The molecule has 25 heavy (non-hydrogen) atoms. The van der Waals surface area contributed by atoms with Crippen LogP contribution in [0.25, 0.3) is 0 Å². The lowest BCUT2D eigenvalue weighted by atomic mass is 10.1. The van der Waals surface area contributed by atoms with E-state index in [4.69, 9.17) is 11.6 Å². The number of pyridine rings is 1. The van der Waals surface area contributed by atoms with Crippen molar-refractivity contribution in [3.8, 4) is 0 Å². The lowest BCUT2D eigenvalue weighted by Gasteiger charge is -2.27. The van der Waals surface area contributed by atoms with E-state index in [1.165, 1.54) is 18.3 Å². The van der Waals surface area contributed by atoms with Crippen molar-refractivity contribution in [1.82, 2.24) is 9.71 Å². The van der Waals surface area contributed by atoms with Gasteiger partial charge in [-0.2, -0.15) is 0 Å². The van der Waals surface area contributed by atoms with Crippen molar-refractivity contribution < 1.29 is 13.2 Å². The summed E-state index contributed by atoms with van der Waals surface area (Å²) in [5.41, 5.74) is 1.58. The van der Waals surface area contributed by atoms with E-state index >= 15 is 0 Å². The van der Waals surface area contributed by atoms with Crippen LogP contribution in [0.2, 0.25) is 5.15 Å². The van der Waals surface area contributed by atoms with Crippen LogP contribution in [0.1, 0.15) is 24.8 Å². The number of halogens is 1. The Labute approximate surface area is 151 Å². The van der Waals surface area contributed by atoms with Gasteiger partial charge < -0.3 is 4.90 Å². The van der Waals surface area contributed by atoms with Crippen LogP contribution in [-0.4, -0.2) is 25.9 Å². The maximum absolute atomic E-state index is 12.3. The molecule has 0 radical (unpaired) electrons. The van der Waals surface area contributed by atoms with E-state index in [2.05, 4.69) is 9.71 Å². The number of aromatic nitrogens is 1. The molecule has 2 heterocycles. The molecule has 0 bridgehead atoms. The van der Waals surface area contributed by atoms with Gasteiger partial charge in [0.25, 0.3) is 0 Å². The number of anilines is 1. The first kappa shape index (κ1) is 17.8. The number of nitrogens with zero attached hydrogens (tertiary/aromatic N) is 2. The summed E-state index contributed by atoms with van der Waals surface area (Å²) in [6.07, 6.45) is 3.67. The second-order valence-corrected chi connectivity index (χ2v) is 7.97. The van der Waals surface area contributed by atoms with Crippen molar-refractivity contribution in [2.24, 2.45) is 0 Å². The third-order valence-electron chi connectivity index (χ3n) is 4.02. The quantitative estimate of drug-likeness (QED) is 0.810. The number of piperidine rings is 1. The van der Waals surface area contributed by atoms with Gasteiger partial charge in [0.1, 0.15) is 10.0 Å². The van der Waals surface area contributed by atoms with Crippen molar-refractivity contribution in [3.05, 3.63) is 53.3 Å². The predicted octanol–water partition coefficient (Wildman–Crippen LogP) is 2.73. The number of hydrogen-bond acceptors (Lipinski definition) is 4. The summed E-state index contributed by atoms with van der Waals surface area (Å²) in [6, 6.07) is 10.2. The lowest BCUT2D eigenvalue weighted by Crippen LogP contribution is -2.35. The molecular formula is C17H18ClN3O3S. The van der Waals surface area contributed by atoms with Crippen molar-refractivity contribution in [2.75, 3.05) is 11.4 Å². The third-order valence-corrected chi connectivity index (χ3v) is 5.63. The largest absolute Gasteiger partial charge is 0.312 e. The summed E-state index contributed by atoms with van der Waals surface area (Å²) >= 11 is 5.68. The molecule has 1 amide bonds. The molecular weight excluding hydrogens is 362 g/mol. The van der Waals surface area contributed by atoms with Crippen LogP contribution < -0.4 is 9.62 Å². The molecule has 1 fully saturated rings. The second kappa shape index (κ2) is 7.51. The van der Waals surface area contributed by atoms with Gasteiger partial charge >= 0.3 is 0 Å². The van der Waals surface area contributed by atoms with Gasteiger partial charge in [-0.1, -0.05) is 23.7 Å². The number of sulfonamides is 1. The van der Waals surface area contributed by atoms with Gasteiger partial charge in [0, 0.05) is 31.4 Å². The number of nitrogens with one attached hydrogen (secondary N) is 1. The molecule has 0 atom stereocenters. The van der Waals surface area contributed by atoms with E-state index in [1.807, 2.05) is 24.3 Å². The highest BCUT2D eigenvalue weighted by Gasteiger charge is 2.20. The maximum Gasteiger partial charge on any atom is 0.242 e. The topological polar surface area (TPSA) is 79.4 Å². The lowest BCUT2D eigenvalue weighted by molar-refractivity contribution is -0.119. The SMILES string of the molecule is O=C1CCCCN1c1cccc(CNS(=O)(=O)c2ccc(Cl)nc2)c1. The van der Waals surface area contributed by atoms with E-state index in [0.29, 0.717) is 13.0 Å². The van der Waals surface area contributed by atoms with Gasteiger partial charge in [0.15, 0.2) is 0 Å². The maximum atomic E-state index is 12.3. The number of hydrogen-bond donors (Lipinski definition) is 1. The molecule has 8 heteroatoms. The van der Waals surface area contributed by atoms with E-state index < -0.39 is 10.0 Å². The van der Waals surface area contributed by atoms with E-state index in [0.717, 1.165) is 24.1 Å². The standard InChI is InChI=1S/C17H18ClN3O3S/c18-16-8-7-15(12-19-16)25(23,24)20-11-13-4-3-5-14(10-13)21-9-2-1-6-17(21)22/h3-5,7-8,10,12,20H,1-2,6,9,11H2. The molecule has 132 valence electrons. The number of rotatable bonds is 5. The Morgan fingerprint density at radius 3 is 2.76 bits per heavy atom. The molecule has 0 saturated carbocycles. The van der Waals surface area contributed by atoms with Gasteiger partial charge in [0.05, 0.1) is 0 Å². The number of amides is 1.